The van der Waals surface area contributed by atoms with Gasteiger partial charge < -0.3 is 0 Å². The van der Waals surface area contributed by atoms with Crippen molar-refractivity contribution in [2.45, 2.75) is 20.8 Å². The fourth-order valence-corrected chi connectivity index (χ4v) is 2.74. The van der Waals surface area contributed by atoms with Crippen LogP contribution in [-0.2, 0) is 4.84 Å². The Balaban J connectivity index is 4.49. The number of rotatable bonds is 5. The smallest absolute Gasteiger partial charge is 0.297 e. The average Bonchev–Trinajstić information content (AvgIpc) is 2.22. The van der Waals surface area contributed by atoms with Crippen LogP contribution < -0.4 is 0 Å². The Morgan fingerprint density at radius 1 is 1.35 bits per heavy atom. The third-order valence-electron chi connectivity index (χ3n) is 1.82. The maximum Gasteiger partial charge on any atom is 0.446 e. The van der Waals surface area contributed by atoms with Crippen LogP contribution in [0.25, 0.3) is 0 Å². The molecule has 0 saturated heterocycles. The minimum atomic E-state index is -0.452. The van der Waals surface area contributed by atoms with E-state index in [1.54, 1.807) is 18.8 Å². The molecule has 0 bridgehead atoms. The zero-order valence-corrected chi connectivity index (χ0v) is 13.6. The SMILES string of the molecule is CSCC(=NOC(=O)N(C)SSC)C(C)(C)C. The molecule has 4 nitrogen and oxygen atoms in total. The second-order valence-corrected chi connectivity index (χ2v) is 7.66. The van der Waals surface area contributed by atoms with Gasteiger partial charge in [-0.2, -0.15) is 11.8 Å². The van der Waals surface area contributed by atoms with Gasteiger partial charge in [-0.15, -0.1) is 0 Å². The Hall–Kier alpha value is -0.0100. The summed E-state index contributed by atoms with van der Waals surface area (Å²) >= 11 is 1.66. The Bertz CT molecular complexity index is 277. The first kappa shape index (κ1) is 17.0. The van der Waals surface area contributed by atoms with Crippen LogP contribution in [0.15, 0.2) is 5.16 Å². The van der Waals surface area contributed by atoms with Gasteiger partial charge >= 0.3 is 6.09 Å². The first-order chi connectivity index (χ1) is 7.82. The van der Waals surface area contributed by atoms with Gasteiger partial charge in [0.05, 0.1) is 5.71 Å². The third-order valence-corrected chi connectivity index (χ3v) is 4.03. The lowest BCUT2D eigenvalue weighted by Gasteiger charge is -2.20. The number of nitrogens with zero attached hydrogens (tertiary/aromatic N) is 2. The fourth-order valence-electron chi connectivity index (χ4n) is 0.810. The summed E-state index contributed by atoms with van der Waals surface area (Å²) < 4.78 is 1.41. The molecule has 1 amide bonds. The van der Waals surface area contributed by atoms with E-state index in [-0.39, 0.29) is 5.41 Å². The minimum Gasteiger partial charge on any atom is -0.297 e. The summed E-state index contributed by atoms with van der Waals surface area (Å²) in [5, 5.41) is 3.97. The van der Waals surface area contributed by atoms with E-state index in [0.29, 0.717) is 0 Å². The topological polar surface area (TPSA) is 41.9 Å². The fraction of sp³-hybridized carbons (Fsp3) is 0.800. The summed E-state index contributed by atoms with van der Waals surface area (Å²) in [6.45, 7) is 6.16. The lowest BCUT2D eigenvalue weighted by Crippen LogP contribution is -2.25. The monoisotopic (exact) mass is 296 g/mol. The van der Waals surface area contributed by atoms with E-state index in [1.165, 1.54) is 26.1 Å². The van der Waals surface area contributed by atoms with Gasteiger partial charge in [-0.05, 0) is 12.5 Å². The van der Waals surface area contributed by atoms with Crippen molar-refractivity contribution >= 4 is 45.3 Å². The molecule has 0 aromatic rings. The van der Waals surface area contributed by atoms with Crippen molar-refractivity contribution in [1.82, 2.24) is 4.31 Å². The quantitative estimate of drug-likeness (QED) is 0.254. The normalized spacial score (nSPS) is 12.5. The second kappa shape index (κ2) is 8.16. The predicted molar refractivity (Wildman–Crippen MR) is 80.6 cm³/mol. The molecule has 0 aromatic heterocycles. The lowest BCUT2D eigenvalue weighted by atomic mass is 9.91. The number of carbonyl (C=O) groups excluding carboxylic acids is 1. The highest BCUT2D eigenvalue weighted by atomic mass is 33.1. The standard InChI is InChI=1S/C10H20N2O2S3/c1-10(2,3)8(7-15-5)11-14-9(13)12(4)17-16-6/h7H2,1-6H3. The minimum absolute atomic E-state index is 0.0888. The first-order valence-electron chi connectivity index (χ1n) is 5.04. The van der Waals surface area contributed by atoms with Gasteiger partial charge in [0.2, 0.25) is 0 Å². The zero-order chi connectivity index (χ0) is 13.5. The van der Waals surface area contributed by atoms with Crippen molar-refractivity contribution < 1.29 is 9.63 Å². The van der Waals surface area contributed by atoms with Crippen LogP contribution in [0.2, 0.25) is 0 Å². The molecule has 7 heteroatoms. The maximum atomic E-state index is 11.5. The average molecular weight is 296 g/mol. The molecule has 0 spiro atoms. The van der Waals surface area contributed by atoms with E-state index >= 15 is 0 Å². The van der Waals surface area contributed by atoms with Gasteiger partial charge in [0.15, 0.2) is 0 Å². The van der Waals surface area contributed by atoms with Crippen LogP contribution in [0.1, 0.15) is 20.8 Å². The number of hydrogen-bond donors (Lipinski definition) is 0. The van der Waals surface area contributed by atoms with E-state index < -0.39 is 6.09 Å². The number of carbonyl (C=O) groups is 1. The molecule has 0 aliphatic heterocycles. The molecule has 0 aliphatic carbocycles. The van der Waals surface area contributed by atoms with Crippen molar-refractivity contribution in [3.8, 4) is 0 Å². The van der Waals surface area contributed by atoms with E-state index in [9.17, 15) is 4.79 Å². The van der Waals surface area contributed by atoms with Gasteiger partial charge in [0.1, 0.15) is 0 Å². The largest absolute Gasteiger partial charge is 0.446 e. The Morgan fingerprint density at radius 2 is 1.94 bits per heavy atom. The van der Waals surface area contributed by atoms with Gasteiger partial charge in [-0.1, -0.05) is 36.7 Å². The van der Waals surface area contributed by atoms with E-state index in [2.05, 4.69) is 25.9 Å². The van der Waals surface area contributed by atoms with E-state index in [1.807, 2.05) is 12.5 Å². The molecular formula is C10H20N2O2S3. The number of hydrogen-bond acceptors (Lipinski definition) is 6. The highest BCUT2D eigenvalue weighted by molar-refractivity contribution is 8.75. The van der Waals surface area contributed by atoms with Crippen molar-refractivity contribution in [3.63, 3.8) is 0 Å². The third kappa shape index (κ3) is 7.10. The van der Waals surface area contributed by atoms with E-state index in [0.717, 1.165) is 11.5 Å². The molecule has 17 heavy (non-hydrogen) atoms. The molecule has 100 valence electrons. The van der Waals surface area contributed by atoms with Gasteiger partial charge in [0, 0.05) is 29.2 Å². The van der Waals surface area contributed by atoms with Crippen LogP contribution in [0.5, 0.6) is 0 Å². The highest BCUT2D eigenvalue weighted by Gasteiger charge is 2.20. The highest BCUT2D eigenvalue weighted by Crippen LogP contribution is 2.22. The maximum absolute atomic E-state index is 11.5. The molecular weight excluding hydrogens is 276 g/mol. The Labute approximate surface area is 116 Å². The predicted octanol–water partition coefficient (Wildman–Crippen LogP) is 3.75. The van der Waals surface area contributed by atoms with Crippen molar-refractivity contribution in [3.05, 3.63) is 0 Å². The Kier molecular flexibility index (Phi) is 8.15. The van der Waals surface area contributed by atoms with Crippen LogP contribution in [0, 0.1) is 5.41 Å². The molecule has 0 aromatic carbocycles. The van der Waals surface area contributed by atoms with Crippen molar-refractivity contribution in [2.75, 3.05) is 25.3 Å². The lowest BCUT2D eigenvalue weighted by molar-refractivity contribution is 0.136. The first-order valence-corrected chi connectivity index (χ1v) is 8.95. The molecule has 0 atom stereocenters. The molecule has 0 unspecified atom stereocenters. The summed E-state index contributed by atoms with van der Waals surface area (Å²) in [6.07, 6.45) is 3.44. The molecule has 0 fully saturated rings. The van der Waals surface area contributed by atoms with Crippen LogP contribution in [0.3, 0.4) is 0 Å². The van der Waals surface area contributed by atoms with Crippen LogP contribution >= 0.6 is 33.5 Å². The summed E-state index contributed by atoms with van der Waals surface area (Å²) in [7, 11) is 4.45. The summed E-state index contributed by atoms with van der Waals surface area (Å²) in [5.74, 6) is 0.760. The van der Waals surface area contributed by atoms with Crippen molar-refractivity contribution in [1.29, 1.82) is 0 Å². The van der Waals surface area contributed by atoms with Crippen LogP contribution in [-0.4, -0.2) is 41.4 Å². The molecule has 0 N–H and O–H groups in total. The van der Waals surface area contributed by atoms with Gasteiger partial charge in [0.25, 0.3) is 0 Å². The zero-order valence-electron chi connectivity index (χ0n) is 11.1. The summed E-state index contributed by atoms with van der Waals surface area (Å²) in [6, 6.07) is 0. The second-order valence-electron chi connectivity index (χ2n) is 4.32. The molecule has 0 radical (unpaired) electrons. The molecule has 0 aliphatic rings. The molecule has 0 saturated carbocycles. The summed E-state index contributed by atoms with van der Waals surface area (Å²) in [5.41, 5.74) is 0.787. The Morgan fingerprint density at radius 3 is 2.35 bits per heavy atom. The molecule has 0 heterocycles. The van der Waals surface area contributed by atoms with Gasteiger partial charge in [-0.3, -0.25) is 4.84 Å². The number of amides is 1. The van der Waals surface area contributed by atoms with E-state index in [4.69, 9.17) is 4.84 Å². The van der Waals surface area contributed by atoms with Gasteiger partial charge in [-0.25, -0.2) is 9.10 Å². The summed E-state index contributed by atoms with van der Waals surface area (Å²) in [4.78, 5) is 16.4. The molecule has 0 rings (SSSR count). The van der Waals surface area contributed by atoms with Crippen LogP contribution in [0.4, 0.5) is 4.79 Å². The van der Waals surface area contributed by atoms with Crippen molar-refractivity contribution in [2.24, 2.45) is 10.6 Å². The number of thioether (sulfide) groups is 1. The number of oxime groups is 1.